The molecule has 4 rings (SSSR count). The predicted octanol–water partition coefficient (Wildman–Crippen LogP) is 5.66. The van der Waals surface area contributed by atoms with Gasteiger partial charge in [-0.25, -0.2) is 23.1 Å². The summed E-state index contributed by atoms with van der Waals surface area (Å²) in [6.07, 6.45) is -1.33. The highest BCUT2D eigenvalue weighted by Gasteiger charge is 2.21. The number of nitrogens with one attached hydrogen (secondary N) is 2. The zero-order valence-electron chi connectivity index (χ0n) is 23.7. The smallest absolute Gasteiger partial charge is 0.415 e. The van der Waals surface area contributed by atoms with Crippen molar-refractivity contribution < 1.29 is 27.5 Å². The molecular weight excluding hydrogens is 568 g/mol. The Bertz CT molecular complexity index is 1710. The minimum absolute atomic E-state index is 0.000293. The summed E-state index contributed by atoms with van der Waals surface area (Å²) in [4.78, 5) is 26.9. The van der Waals surface area contributed by atoms with Gasteiger partial charge in [0.05, 0.1) is 4.90 Å². The number of benzene rings is 4. The van der Waals surface area contributed by atoms with Gasteiger partial charge in [0.25, 0.3) is 0 Å². The Kier molecular flexibility index (Phi) is 9.91. The van der Waals surface area contributed by atoms with E-state index in [9.17, 15) is 18.0 Å². The molecule has 2 amide bonds. The first-order chi connectivity index (χ1) is 20.5. The lowest BCUT2D eigenvalue weighted by atomic mass is 10.1. The van der Waals surface area contributed by atoms with Gasteiger partial charge in [0.2, 0.25) is 10.0 Å². The minimum atomic E-state index is -3.92. The maximum Gasteiger partial charge on any atom is 0.415 e. The fourth-order valence-corrected chi connectivity index (χ4v) is 4.99. The van der Waals surface area contributed by atoms with E-state index in [1.807, 2.05) is 50.2 Å². The summed E-state index contributed by atoms with van der Waals surface area (Å²) >= 11 is 0. The molecule has 4 N–H and O–H groups in total. The topological polar surface area (TPSA) is 152 Å². The van der Waals surface area contributed by atoms with Crippen molar-refractivity contribution in [1.82, 2.24) is 10.2 Å². The number of ether oxygens (including phenoxy) is 2. The number of carbonyl (C=O) groups is 2. The van der Waals surface area contributed by atoms with Crippen molar-refractivity contribution in [1.29, 1.82) is 5.41 Å². The number of carbonyl (C=O) groups excluding carboxylic acids is 2. The van der Waals surface area contributed by atoms with E-state index in [-0.39, 0.29) is 35.7 Å². The van der Waals surface area contributed by atoms with Crippen LogP contribution in [0.5, 0.6) is 5.75 Å². The zero-order chi connectivity index (χ0) is 31.0. The van der Waals surface area contributed by atoms with Crippen molar-refractivity contribution in [2.24, 2.45) is 5.14 Å². The molecule has 0 saturated heterocycles. The number of alkyl carbamates (subject to hydrolysis) is 1. The van der Waals surface area contributed by atoms with Crippen LogP contribution in [0.1, 0.15) is 30.5 Å². The second-order valence-electron chi connectivity index (χ2n) is 9.92. The van der Waals surface area contributed by atoms with Crippen molar-refractivity contribution in [2.45, 2.75) is 37.9 Å². The van der Waals surface area contributed by atoms with Gasteiger partial charge in [-0.1, -0.05) is 78.9 Å². The van der Waals surface area contributed by atoms with Crippen LogP contribution in [0.3, 0.4) is 0 Å². The van der Waals surface area contributed by atoms with Gasteiger partial charge in [0, 0.05) is 23.7 Å². The van der Waals surface area contributed by atoms with Gasteiger partial charge in [-0.3, -0.25) is 10.7 Å². The van der Waals surface area contributed by atoms with Gasteiger partial charge in [-0.05, 0) is 54.8 Å². The number of hydrogen-bond donors (Lipinski definition) is 3. The number of nitrogens with two attached hydrogens (primary N) is 1. The van der Waals surface area contributed by atoms with Crippen molar-refractivity contribution in [3.63, 3.8) is 0 Å². The summed E-state index contributed by atoms with van der Waals surface area (Å²) < 4.78 is 34.8. The average Bonchev–Trinajstić information content (AvgIpc) is 2.99. The Morgan fingerprint density at radius 1 is 0.884 bits per heavy atom. The number of hydrogen-bond acceptors (Lipinski definition) is 7. The molecule has 0 heterocycles. The molecule has 0 radical (unpaired) electrons. The van der Waals surface area contributed by atoms with Crippen LogP contribution >= 0.6 is 0 Å². The highest BCUT2D eigenvalue weighted by Crippen LogP contribution is 2.28. The summed E-state index contributed by atoms with van der Waals surface area (Å²) in [5.41, 5.74) is 3.04. The van der Waals surface area contributed by atoms with E-state index >= 15 is 0 Å². The summed E-state index contributed by atoms with van der Waals surface area (Å²) in [6, 6.07) is 28.8. The van der Waals surface area contributed by atoms with E-state index in [1.165, 1.54) is 11.0 Å². The number of amides is 2. The number of sulfonamides is 1. The molecule has 10 nitrogen and oxygen atoms in total. The molecule has 0 bridgehead atoms. The van der Waals surface area contributed by atoms with Crippen molar-refractivity contribution >= 4 is 28.0 Å². The van der Waals surface area contributed by atoms with Crippen LogP contribution in [-0.2, 0) is 27.9 Å². The lowest BCUT2D eigenvalue weighted by Gasteiger charge is -2.26. The summed E-state index contributed by atoms with van der Waals surface area (Å²) in [5, 5.41) is 16.1. The molecule has 0 atom stereocenters. The van der Waals surface area contributed by atoms with Crippen molar-refractivity contribution in [3.8, 4) is 16.9 Å². The monoisotopic (exact) mass is 600 g/mol. The fraction of sp³-hybridized carbons (Fsp3) is 0.156. The maximum atomic E-state index is 13.1. The van der Waals surface area contributed by atoms with Crippen LogP contribution in [0.4, 0.5) is 9.59 Å². The standard InChI is InChI=1S/C32H32N4O6S/c1-22(2)36(32(38)42-27-17-15-25(16-18-27)28-13-6-7-14-29(28)43(34,39)40)20-24-11-8-12-26(19-24)30(33)35-31(37)41-21-23-9-4-3-5-10-23/h3-19,22H,20-21H2,1-2H3,(H2,33,35,37)(H2,34,39,40). The zero-order valence-corrected chi connectivity index (χ0v) is 24.5. The van der Waals surface area contributed by atoms with E-state index in [0.717, 1.165) is 11.1 Å². The molecule has 0 aliphatic carbocycles. The first-order valence-electron chi connectivity index (χ1n) is 13.4. The normalized spacial score (nSPS) is 11.1. The molecule has 222 valence electrons. The van der Waals surface area contributed by atoms with E-state index in [4.69, 9.17) is 20.0 Å². The minimum Gasteiger partial charge on any atom is -0.444 e. The predicted molar refractivity (Wildman–Crippen MR) is 163 cm³/mol. The third-order valence-electron chi connectivity index (χ3n) is 6.43. The molecule has 0 saturated carbocycles. The van der Waals surface area contributed by atoms with Crippen LogP contribution in [0, 0.1) is 5.41 Å². The van der Waals surface area contributed by atoms with Gasteiger partial charge in [0.15, 0.2) is 0 Å². The molecule has 0 aliphatic rings. The second kappa shape index (κ2) is 13.8. The van der Waals surface area contributed by atoms with Crippen LogP contribution in [0.25, 0.3) is 11.1 Å². The van der Waals surface area contributed by atoms with Gasteiger partial charge >= 0.3 is 12.2 Å². The molecule has 0 unspecified atom stereocenters. The first kappa shape index (κ1) is 30.9. The summed E-state index contributed by atoms with van der Waals surface area (Å²) in [5.74, 6) is 0.143. The maximum absolute atomic E-state index is 13.1. The molecule has 11 heteroatoms. The van der Waals surface area contributed by atoms with Gasteiger partial charge in [-0.2, -0.15) is 0 Å². The third kappa shape index (κ3) is 8.51. The molecule has 4 aromatic carbocycles. The van der Waals surface area contributed by atoms with E-state index in [0.29, 0.717) is 16.7 Å². The van der Waals surface area contributed by atoms with Crippen molar-refractivity contribution in [3.05, 3.63) is 120 Å². The Hall–Kier alpha value is -5.00. The van der Waals surface area contributed by atoms with Crippen LogP contribution < -0.4 is 15.2 Å². The Labute approximate surface area is 250 Å². The number of nitrogens with zero attached hydrogens (tertiary/aromatic N) is 1. The van der Waals surface area contributed by atoms with Gasteiger partial charge < -0.3 is 14.4 Å². The number of rotatable bonds is 9. The average molecular weight is 601 g/mol. The highest BCUT2D eigenvalue weighted by atomic mass is 32.2. The molecular formula is C32H32N4O6S. The lowest BCUT2D eigenvalue weighted by Crippen LogP contribution is -2.38. The number of primary sulfonamides is 1. The summed E-state index contributed by atoms with van der Waals surface area (Å²) in [6.45, 7) is 3.97. The largest absolute Gasteiger partial charge is 0.444 e. The third-order valence-corrected chi connectivity index (χ3v) is 7.40. The van der Waals surface area contributed by atoms with Gasteiger partial charge in [0.1, 0.15) is 18.2 Å². The van der Waals surface area contributed by atoms with Gasteiger partial charge in [-0.15, -0.1) is 0 Å². The fourth-order valence-electron chi connectivity index (χ4n) is 4.23. The molecule has 0 aromatic heterocycles. The first-order valence-corrected chi connectivity index (χ1v) is 14.9. The molecule has 0 spiro atoms. The SMILES string of the molecule is CC(C)N(Cc1cccc(C(=N)NC(=O)OCc2ccccc2)c1)C(=O)Oc1ccc(-c2ccccc2S(N)(=O)=O)cc1. The molecule has 0 aliphatic heterocycles. The van der Waals surface area contributed by atoms with Crippen LogP contribution in [-0.4, -0.2) is 37.4 Å². The Balaban J connectivity index is 1.39. The number of amidine groups is 1. The quantitative estimate of drug-likeness (QED) is 0.166. The summed E-state index contributed by atoms with van der Waals surface area (Å²) in [7, 11) is -3.92. The Morgan fingerprint density at radius 3 is 2.21 bits per heavy atom. The molecule has 43 heavy (non-hydrogen) atoms. The van der Waals surface area contributed by atoms with E-state index in [2.05, 4.69) is 5.32 Å². The van der Waals surface area contributed by atoms with E-state index in [1.54, 1.807) is 60.7 Å². The molecule has 0 fully saturated rings. The van der Waals surface area contributed by atoms with E-state index < -0.39 is 22.2 Å². The van der Waals surface area contributed by atoms with Crippen molar-refractivity contribution in [2.75, 3.05) is 0 Å². The van der Waals surface area contributed by atoms with Crippen LogP contribution in [0.2, 0.25) is 0 Å². The highest BCUT2D eigenvalue weighted by molar-refractivity contribution is 7.89. The molecule has 4 aromatic rings. The van der Waals surface area contributed by atoms with Crippen LogP contribution in [0.15, 0.2) is 108 Å². The lowest BCUT2D eigenvalue weighted by molar-refractivity contribution is 0.135. The second-order valence-corrected chi connectivity index (χ2v) is 11.4. The Morgan fingerprint density at radius 2 is 1.53 bits per heavy atom.